The highest BCUT2D eigenvalue weighted by Crippen LogP contribution is 2.55. The zero-order chi connectivity index (χ0) is 12.0. The van der Waals surface area contributed by atoms with Crippen LogP contribution in [-0.2, 0) is 4.79 Å². The Morgan fingerprint density at radius 2 is 1.65 bits per heavy atom. The lowest BCUT2D eigenvalue weighted by molar-refractivity contribution is -0.141. The summed E-state index contributed by atoms with van der Waals surface area (Å²) in [7, 11) is 0. The zero-order valence-electron chi connectivity index (χ0n) is 10.8. The number of nitrogens with two attached hydrogens (primary N) is 1. The Balaban J connectivity index is 1.80. The maximum absolute atomic E-state index is 12.0. The maximum atomic E-state index is 12.0. The van der Waals surface area contributed by atoms with Crippen LogP contribution in [0, 0.1) is 23.7 Å². The molecule has 0 atom stereocenters. The molecule has 0 spiro atoms. The van der Waals surface area contributed by atoms with Crippen LogP contribution in [0.1, 0.15) is 39.0 Å². The van der Waals surface area contributed by atoms with Crippen LogP contribution in [-0.4, -0.2) is 29.9 Å². The van der Waals surface area contributed by atoms with Gasteiger partial charge in [-0.25, -0.2) is 0 Å². The molecule has 4 aliphatic rings. The van der Waals surface area contributed by atoms with Crippen molar-refractivity contribution in [1.82, 2.24) is 4.90 Å². The van der Waals surface area contributed by atoms with Crippen LogP contribution in [0.5, 0.6) is 0 Å². The number of carbonyl (C=O) groups excluding carboxylic acids is 1. The van der Waals surface area contributed by atoms with Gasteiger partial charge in [0.25, 0.3) is 0 Å². The van der Waals surface area contributed by atoms with E-state index in [4.69, 9.17) is 5.73 Å². The van der Waals surface area contributed by atoms with E-state index in [1.165, 1.54) is 32.1 Å². The van der Waals surface area contributed by atoms with Gasteiger partial charge in [-0.3, -0.25) is 4.79 Å². The van der Waals surface area contributed by atoms with Crippen molar-refractivity contribution >= 4 is 5.91 Å². The van der Waals surface area contributed by atoms with Crippen molar-refractivity contribution in [2.24, 2.45) is 29.4 Å². The third kappa shape index (κ3) is 1.79. The normalized spacial score (nSPS) is 42.8. The summed E-state index contributed by atoms with van der Waals surface area (Å²) in [6.07, 6.45) is 6.94. The first-order chi connectivity index (χ1) is 8.22. The van der Waals surface area contributed by atoms with E-state index >= 15 is 0 Å². The minimum Gasteiger partial charge on any atom is -0.338 e. The molecule has 0 aromatic heterocycles. The molecule has 4 bridgehead atoms. The van der Waals surface area contributed by atoms with Crippen molar-refractivity contribution in [3.63, 3.8) is 0 Å². The molecule has 0 aromatic carbocycles. The quantitative estimate of drug-likeness (QED) is 0.809. The van der Waals surface area contributed by atoms with Crippen molar-refractivity contribution in [3.05, 3.63) is 0 Å². The molecule has 4 aliphatic carbocycles. The summed E-state index contributed by atoms with van der Waals surface area (Å²) in [5.41, 5.74) is 5.55. The average Bonchev–Trinajstić information content (AvgIpc) is 2.32. The predicted octanol–water partition coefficient (Wildman–Crippen LogP) is 1.62. The highest BCUT2D eigenvalue weighted by Gasteiger charge is 2.50. The molecule has 1 amide bonds. The first-order valence-corrected chi connectivity index (χ1v) is 7.22. The lowest BCUT2D eigenvalue weighted by Gasteiger charge is -2.57. The Bertz CT molecular complexity index is 287. The van der Waals surface area contributed by atoms with Gasteiger partial charge in [-0.15, -0.1) is 0 Å². The van der Waals surface area contributed by atoms with Gasteiger partial charge in [0.1, 0.15) is 0 Å². The summed E-state index contributed by atoms with van der Waals surface area (Å²) in [5.74, 6) is 3.66. The average molecular weight is 236 g/mol. The minimum atomic E-state index is 0.157. The van der Waals surface area contributed by atoms with Gasteiger partial charge in [0, 0.05) is 12.6 Å². The molecule has 0 heterocycles. The number of carbonyl (C=O) groups is 1. The minimum absolute atomic E-state index is 0.157. The van der Waals surface area contributed by atoms with Gasteiger partial charge >= 0.3 is 0 Å². The molecule has 17 heavy (non-hydrogen) atoms. The molecule has 4 fully saturated rings. The van der Waals surface area contributed by atoms with E-state index < -0.39 is 0 Å². The molecule has 0 radical (unpaired) electrons. The Morgan fingerprint density at radius 1 is 1.12 bits per heavy atom. The molecule has 2 N–H and O–H groups in total. The van der Waals surface area contributed by atoms with Crippen LogP contribution in [0.25, 0.3) is 0 Å². The number of rotatable bonds is 3. The summed E-state index contributed by atoms with van der Waals surface area (Å²) in [4.78, 5) is 14.1. The molecular formula is C14H24N2O. The Kier molecular flexibility index (Phi) is 2.89. The summed E-state index contributed by atoms with van der Waals surface area (Å²) >= 11 is 0. The van der Waals surface area contributed by atoms with E-state index in [1.54, 1.807) is 0 Å². The van der Waals surface area contributed by atoms with Crippen LogP contribution in [0.3, 0.4) is 0 Å². The number of amides is 1. The molecule has 0 aliphatic heterocycles. The monoisotopic (exact) mass is 236 g/mol. The zero-order valence-corrected chi connectivity index (χ0v) is 10.8. The lowest BCUT2D eigenvalue weighted by atomic mass is 9.54. The molecule has 0 unspecified atom stereocenters. The summed E-state index contributed by atoms with van der Waals surface area (Å²) < 4.78 is 0. The van der Waals surface area contributed by atoms with Gasteiger partial charge in [-0.05, 0) is 62.7 Å². The lowest BCUT2D eigenvalue weighted by Crippen LogP contribution is -2.58. The van der Waals surface area contributed by atoms with Gasteiger partial charge in [-0.2, -0.15) is 0 Å². The fourth-order valence-electron chi connectivity index (χ4n) is 5.08. The van der Waals surface area contributed by atoms with Crippen molar-refractivity contribution < 1.29 is 4.79 Å². The number of likely N-dealkylation sites (N-methyl/N-ethyl adjacent to an activating group) is 1. The van der Waals surface area contributed by atoms with E-state index in [0.717, 1.165) is 30.2 Å². The molecule has 0 saturated heterocycles. The van der Waals surface area contributed by atoms with Gasteiger partial charge in [0.05, 0.1) is 6.54 Å². The topological polar surface area (TPSA) is 46.3 Å². The van der Waals surface area contributed by atoms with Crippen molar-refractivity contribution in [2.45, 2.75) is 45.1 Å². The van der Waals surface area contributed by atoms with Crippen LogP contribution in [0.2, 0.25) is 0 Å². The van der Waals surface area contributed by atoms with Crippen molar-refractivity contribution in [1.29, 1.82) is 0 Å². The fraction of sp³-hybridized carbons (Fsp3) is 0.929. The van der Waals surface area contributed by atoms with Gasteiger partial charge in [0.2, 0.25) is 5.91 Å². The first-order valence-electron chi connectivity index (χ1n) is 7.22. The molecule has 3 nitrogen and oxygen atoms in total. The fourth-order valence-corrected chi connectivity index (χ4v) is 5.08. The van der Waals surface area contributed by atoms with E-state index in [0.29, 0.717) is 6.04 Å². The molecule has 3 heteroatoms. The molecule has 4 saturated carbocycles. The van der Waals surface area contributed by atoms with Gasteiger partial charge < -0.3 is 10.6 Å². The third-order valence-corrected chi connectivity index (χ3v) is 5.37. The Morgan fingerprint density at radius 3 is 2.06 bits per heavy atom. The smallest absolute Gasteiger partial charge is 0.236 e. The van der Waals surface area contributed by atoms with Crippen molar-refractivity contribution in [2.75, 3.05) is 13.1 Å². The number of hydrogen-bond donors (Lipinski definition) is 1. The highest BCUT2D eigenvalue weighted by molar-refractivity contribution is 5.78. The van der Waals surface area contributed by atoms with Crippen LogP contribution < -0.4 is 5.73 Å². The molecule has 4 rings (SSSR count). The van der Waals surface area contributed by atoms with Crippen LogP contribution >= 0.6 is 0 Å². The molecule has 0 aromatic rings. The number of hydrogen-bond acceptors (Lipinski definition) is 2. The SMILES string of the molecule is CCN(C(=O)CN)C1C2CC3CC(C2)CC1C3. The summed E-state index contributed by atoms with van der Waals surface area (Å²) in [6, 6.07) is 0.517. The van der Waals surface area contributed by atoms with Crippen LogP contribution in [0.4, 0.5) is 0 Å². The second-order valence-electron chi connectivity index (χ2n) is 6.31. The second-order valence-corrected chi connectivity index (χ2v) is 6.31. The predicted molar refractivity (Wildman–Crippen MR) is 67.3 cm³/mol. The molecule has 96 valence electrons. The standard InChI is InChI=1S/C14H24N2O/c1-2-16(13(17)8-15)14-11-4-9-3-10(6-11)7-12(14)5-9/h9-12,14H,2-8,15H2,1H3. The highest BCUT2D eigenvalue weighted by atomic mass is 16.2. The second kappa shape index (κ2) is 4.27. The Labute approximate surface area is 104 Å². The number of nitrogens with zero attached hydrogens (tertiary/aromatic N) is 1. The van der Waals surface area contributed by atoms with Gasteiger partial charge in [-0.1, -0.05) is 0 Å². The van der Waals surface area contributed by atoms with E-state index in [9.17, 15) is 4.79 Å². The largest absolute Gasteiger partial charge is 0.338 e. The van der Waals surface area contributed by atoms with E-state index in [-0.39, 0.29) is 12.5 Å². The summed E-state index contributed by atoms with van der Waals surface area (Å²) in [5, 5.41) is 0. The van der Waals surface area contributed by atoms with E-state index in [1.807, 2.05) is 0 Å². The van der Waals surface area contributed by atoms with Crippen LogP contribution in [0.15, 0.2) is 0 Å². The first kappa shape index (κ1) is 11.5. The molecular weight excluding hydrogens is 212 g/mol. The van der Waals surface area contributed by atoms with Crippen molar-refractivity contribution in [3.8, 4) is 0 Å². The van der Waals surface area contributed by atoms with Gasteiger partial charge in [0.15, 0.2) is 0 Å². The third-order valence-electron chi connectivity index (χ3n) is 5.37. The Hall–Kier alpha value is -0.570. The van der Waals surface area contributed by atoms with E-state index in [2.05, 4.69) is 11.8 Å². The maximum Gasteiger partial charge on any atom is 0.236 e. The summed E-state index contributed by atoms with van der Waals surface area (Å²) in [6.45, 7) is 3.11.